The second-order valence-corrected chi connectivity index (χ2v) is 3.63. The van der Waals surface area contributed by atoms with Crippen molar-refractivity contribution in [2.24, 2.45) is 0 Å². The fourth-order valence-corrected chi connectivity index (χ4v) is 2.46. The Balaban J connectivity index is 2.90. The van der Waals surface area contributed by atoms with Gasteiger partial charge in [0.1, 0.15) is 21.9 Å². The van der Waals surface area contributed by atoms with Crippen molar-refractivity contribution >= 4 is 23.5 Å². The Morgan fingerprint density at radius 1 is 1.11 bits per heavy atom. The summed E-state index contributed by atoms with van der Waals surface area (Å²) >= 11 is 2.87. The average Bonchev–Trinajstić information content (AvgIpc) is 2.33. The molecular weight excluding hydrogens is 152 g/mol. The van der Waals surface area contributed by atoms with Gasteiger partial charge in [0, 0.05) is 0 Å². The van der Waals surface area contributed by atoms with Crippen molar-refractivity contribution in [2.45, 2.75) is 0 Å². The molecule has 44 valence electrons. The highest BCUT2D eigenvalue weighted by Gasteiger charge is 2.14. The van der Waals surface area contributed by atoms with Gasteiger partial charge in [-0.2, -0.15) is 10.5 Å². The van der Waals surface area contributed by atoms with Gasteiger partial charge in [-0.25, -0.2) is 0 Å². The first-order valence-electron chi connectivity index (χ1n) is 2.18. The van der Waals surface area contributed by atoms with Crippen LogP contribution in [0.4, 0.5) is 0 Å². The summed E-state index contributed by atoms with van der Waals surface area (Å²) < 4.78 is 0. The third kappa shape index (κ3) is 1.21. The van der Waals surface area contributed by atoms with Crippen LogP contribution in [0.2, 0.25) is 0 Å². The number of nitriles is 2. The van der Waals surface area contributed by atoms with Crippen molar-refractivity contribution < 1.29 is 0 Å². The van der Waals surface area contributed by atoms with Gasteiger partial charge in [-0.3, -0.25) is 0 Å². The summed E-state index contributed by atoms with van der Waals surface area (Å²) in [5.74, 6) is 0. The Kier molecular flexibility index (Phi) is 2.05. The van der Waals surface area contributed by atoms with Crippen LogP contribution in [-0.2, 0) is 0 Å². The standard InChI is InChI=1S/C5H2N2S2/c6-1-4-5(2-7)9-3-8-4/h3H2. The summed E-state index contributed by atoms with van der Waals surface area (Å²) in [7, 11) is 0. The number of hydrogen-bond donors (Lipinski definition) is 0. The summed E-state index contributed by atoms with van der Waals surface area (Å²) in [5, 5.41) is 17.6. The van der Waals surface area contributed by atoms with Crippen LogP contribution in [0.25, 0.3) is 0 Å². The lowest BCUT2D eigenvalue weighted by molar-refractivity contribution is 1.50. The third-order valence-electron chi connectivity index (χ3n) is 0.816. The molecule has 4 heteroatoms. The molecule has 0 aromatic heterocycles. The normalized spacial score (nSPS) is 17.1. The van der Waals surface area contributed by atoms with Crippen LogP contribution >= 0.6 is 23.5 Å². The number of thioether (sulfide) groups is 2. The van der Waals surface area contributed by atoms with Crippen molar-refractivity contribution in [1.82, 2.24) is 0 Å². The van der Waals surface area contributed by atoms with Gasteiger partial charge in [-0.1, -0.05) is 0 Å². The fourth-order valence-electron chi connectivity index (χ4n) is 0.445. The predicted molar refractivity (Wildman–Crippen MR) is 38.3 cm³/mol. The molecule has 0 atom stereocenters. The van der Waals surface area contributed by atoms with E-state index < -0.39 is 0 Å². The maximum Gasteiger partial charge on any atom is 0.110 e. The molecule has 0 spiro atoms. The molecule has 0 saturated heterocycles. The minimum absolute atomic E-state index is 0.572. The van der Waals surface area contributed by atoms with Gasteiger partial charge >= 0.3 is 0 Å². The topological polar surface area (TPSA) is 47.6 Å². The second-order valence-electron chi connectivity index (χ2n) is 1.29. The zero-order valence-corrected chi connectivity index (χ0v) is 6.05. The molecule has 0 bridgehead atoms. The quantitative estimate of drug-likeness (QED) is 0.532. The first-order chi connectivity index (χ1) is 4.38. The molecule has 0 radical (unpaired) electrons. The summed E-state index contributed by atoms with van der Waals surface area (Å²) in [6.45, 7) is 0. The molecule has 2 nitrogen and oxygen atoms in total. The highest BCUT2D eigenvalue weighted by Crippen LogP contribution is 2.37. The number of hydrogen-bond acceptors (Lipinski definition) is 4. The third-order valence-corrected chi connectivity index (χ3v) is 3.06. The summed E-state index contributed by atoms with van der Waals surface area (Å²) in [6.07, 6.45) is 0. The van der Waals surface area contributed by atoms with E-state index in [0.717, 1.165) is 5.08 Å². The van der Waals surface area contributed by atoms with Crippen LogP contribution in [-0.4, -0.2) is 5.08 Å². The minimum Gasteiger partial charge on any atom is -0.192 e. The molecule has 0 unspecified atom stereocenters. The van der Waals surface area contributed by atoms with Gasteiger partial charge < -0.3 is 0 Å². The molecule has 0 aromatic rings. The zero-order chi connectivity index (χ0) is 6.69. The van der Waals surface area contributed by atoms with E-state index in [-0.39, 0.29) is 0 Å². The minimum atomic E-state index is 0.572. The molecule has 0 aromatic carbocycles. The van der Waals surface area contributed by atoms with Gasteiger partial charge in [0.25, 0.3) is 0 Å². The Hall–Kier alpha value is -0.580. The van der Waals surface area contributed by atoms with Crippen molar-refractivity contribution in [3.05, 3.63) is 9.81 Å². The first kappa shape index (κ1) is 6.54. The monoisotopic (exact) mass is 154 g/mol. The van der Waals surface area contributed by atoms with E-state index in [0.29, 0.717) is 9.81 Å². The Labute approximate surface area is 61.5 Å². The molecule has 1 rings (SSSR count). The highest BCUT2D eigenvalue weighted by atomic mass is 32.2. The summed E-state index contributed by atoms with van der Waals surface area (Å²) in [5.41, 5.74) is 0. The van der Waals surface area contributed by atoms with Crippen LogP contribution in [0.3, 0.4) is 0 Å². The van der Waals surface area contributed by atoms with Crippen LogP contribution in [0.1, 0.15) is 0 Å². The molecule has 1 aliphatic heterocycles. The van der Waals surface area contributed by atoms with Gasteiger partial charge in [0.15, 0.2) is 0 Å². The molecule has 1 heterocycles. The Morgan fingerprint density at radius 2 is 1.56 bits per heavy atom. The van der Waals surface area contributed by atoms with E-state index in [1.807, 2.05) is 12.1 Å². The maximum absolute atomic E-state index is 8.37. The lowest BCUT2D eigenvalue weighted by Crippen LogP contribution is -1.66. The van der Waals surface area contributed by atoms with Crippen LogP contribution in [0.5, 0.6) is 0 Å². The molecule has 9 heavy (non-hydrogen) atoms. The van der Waals surface area contributed by atoms with Crippen molar-refractivity contribution in [1.29, 1.82) is 10.5 Å². The Morgan fingerprint density at radius 3 is 1.89 bits per heavy atom. The smallest absolute Gasteiger partial charge is 0.110 e. The number of allylic oxidation sites excluding steroid dienone is 2. The van der Waals surface area contributed by atoms with E-state index in [2.05, 4.69) is 0 Å². The van der Waals surface area contributed by atoms with Gasteiger partial charge in [-0.15, -0.1) is 23.5 Å². The van der Waals surface area contributed by atoms with Crippen LogP contribution in [0.15, 0.2) is 9.81 Å². The molecule has 1 aliphatic rings. The molecular formula is C5H2N2S2. The number of nitrogens with zero attached hydrogens (tertiary/aromatic N) is 2. The maximum atomic E-state index is 8.37. The van der Waals surface area contributed by atoms with Gasteiger partial charge in [0.2, 0.25) is 0 Å². The second kappa shape index (κ2) is 2.82. The number of rotatable bonds is 0. The predicted octanol–water partition coefficient (Wildman–Crippen LogP) is 1.68. The summed E-state index contributed by atoms with van der Waals surface area (Å²) in [4.78, 5) is 1.14. The largest absolute Gasteiger partial charge is 0.192 e. The highest BCUT2D eigenvalue weighted by molar-refractivity contribution is 8.22. The molecule has 0 N–H and O–H groups in total. The lowest BCUT2D eigenvalue weighted by Gasteiger charge is -1.78. The molecule has 0 aliphatic carbocycles. The van der Waals surface area contributed by atoms with Crippen molar-refractivity contribution in [3.8, 4) is 12.1 Å². The van der Waals surface area contributed by atoms with E-state index in [9.17, 15) is 0 Å². The van der Waals surface area contributed by atoms with Gasteiger partial charge in [0.05, 0.1) is 5.08 Å². The van der Waals surface area contributed by atoms with Crippen molar-refractivity contribution in [2.75, 3.05) is 5.08 Å². The summed E-state index contributed by atoms with van der Waals surface area (Å²) in [6, 6.07) is 3.93. The average molecular weight is 154 g/mol. The fraction of sp³-hybridized carbons (Fsp3) is 0.200. The van der Waals surface area contributed by atoms with Crippen LogP contribution < -0.4 is 0 Å². The molecule has 0 fully saturated rings. The van der Waals surface area contributed by atoms with E-state index >= 15 is 0 Å². The zero-order valence-electron chi connectivity index (χ0n) is 4.42. The Bertz CT molecular complexity index is 206. The van der Waals surface area contributed by atoms with E-state index in [1.165, 1.54) is 23.5 Å². The molecule has 0 amide bonds. The SMILES string of the molecule is N#CC1=C(C#N)SCS1. The molecule has 0 saturated carbocycles. The van der Waals surface area contributed by atoms with Crippen LogP contribution in [0, 0.1) is 22.7 Å². The van der Waals surface area contributed by atoms with Gasteiger partial charge in [-0.05, 0) is 0 Å². The van der Waals surface area contributed by atoms with Crippen molar-refractivity contribution in [3.63, 3.8) is 0 Å². The lowest BCUT2D eigenvalue weighted by atomic mass is 10.5. The van der Waals surface area contributed by atoms with E-state index in [1.54, 1.807) is 0 Å². The van der Waals surface area contributed by atoms with E-state index in [4.69, 9.17) is 10.5 Å². The first-order valence-corrected chi connectivity index (χ1v) is 4.15.